The van der Waals surface area contributed by atoms with Gasteiger partial charge in [0.25, 0.3) is 0 Å². The van der Waals surface area contributed by atoms with Gasteiger partial charge in [-0.15, -0.1) is 0 Å². The number of aliphatic imine (C=N–C) groups is 1. The van der Waals surface area contributed by atoms with Crippen LogP contribution in [0.4, 0.5) is 17.1 Å². The molecule has 0 aliphatic heterocycles. The summed E-state index contributed by atoms with van der Waals surface area (Å²) in [7, 11) is 0. The summed E-state index contributed by atoms with van der Waals surface area (Å²) in [5.74, 6) is 0.491. The Bertz CT molecular complexity index is 2130. The highest BCUT2D eigenvalue weighted by Crippen LogP contribution is 2.28. The first-order valence-corrected chi connectivity index (χ1v) is 23.0. The van der Waals surface area contributed by atoms with Gasteiger partial charge in [0.1, 0.15) is 17.2 Å². The third-order valence-corrected chi connectivity index (χ3v) is 10.9. The van der Waals surface area contributed by atoms with Crippen LogP contribution in [-0.4, -0.2) is 24.8 Å². The molecule has 8 nitrogen and oxygen atoms in total. The molecule has 0 saturated carbocycles. The average Bonchev–Trinajstić information content (AvgIpc) is 3.30. The van der Waals surface area contributed by atoms with Gasteiger partial charge in [-0.2, -0.15) is 10.2 Å². The number of carbonyl (C=O) groups excluding carboxylic acids is 2. The van der Waals surface area contributed by atoms with Gasteiger partial charge in [-0.1, -0.05) is 127 Å². The van der Waals surface area contributed by atoms with Crippen molar-refractivity contribution in [1.29, 1.82) is 0 Å². The van der Waals surface area contributed by atoms with Gasteiger partial charge in [0, 0.05) is 6.21 Å². The van der Waals surface area contributed by atoms with Gasteiger partial charge in [-0.3, -0.25) is 4.99 Å². The van der Waals surface area contributed by atoms with E-state index in [4.69, 9.17) is 25.8 Å². The van der Waals surface area contributed by atoms with E-state index in [1.54, 1.807) is 97.2 Å². The molecule has 0 N–H and O–H groups in total. The van der Waals surface area contributed by atoms with E-state index in [0.717, 1.165) is 36.3 Å². The molecule has 62 heavy (non-hydrogen) atoms. The SMILES string of the molecule is CCCCCCCCCCCCc1ccc(N=Nc2ccc(OC(=O)c3ccc(Cl)c(N=Cc4ccc(OC(=O)c5ccc(OCCCCCCCC)cc5)cc4)c3)cc2)cc1. The predicted octanol–water partition coefficient (Wildman–Crippen LogP) is 16.1. The molecule has 5 aromatic carbocycles. The van der Waals surface area contributed by atoms with Crippen molar-refractivity contribution in [3.63, 3.8) is 0 Å². The molecular formula is C53H62ClN3O5. The second kappa shape index (κ2) is 27.4. The van der Waals surface area contributed by atoms with Gasteiger partial charge in [0.15, 0.2) is 0 Å². The molecule has 0 heterocycles. The van der Waals surface area contributed by atoms with Crippen LogP contribution in [0.2, 0.25) is 5.02 Å². The number of rotatable bonds is 27. The lowest BCUT2D eigenvalue weighted by Crippen LogP contribution is -2.08. The van der Waals surface area contributed by atoms with E-state index >= 15 is 0 Å². The molecule has 0 aliphatic carbocycles. The van der Waals surface area contributed by atoms with Crippen LogP contribution in [0, 0.1) is 0 Å². The fraction of sp³-hybridized carbons (Fsp3) is 0.377. The molecule has 0 fully saturated rings. The van der Waals surface area contributed by atoms with Crippen molar-refractivity contribution in [2.24, 2.45) is 15.2 Å². The van der Waals surface area contributed by atoms with Gasteiger partial charge in [0.05, 0.1) is 39.8 Å². The topological polar surface area (TPSA) is 98.9 Å². The molecule has 5 aromatic rings. The third-order valence-electron chi connectivity index (χ3n) is 10.6. The van der Waals surface area contributed by atoms with E-state index in [9.17, 15) is 9.59 Å². The molecule has 0 atom stereocenters. The summed E-state index contributed by atoms with van der Waals surface area (Å²) in [6, 6.07) is 33.8. The average molecular weight is 857 g/mol. The molecule has 5 rings (SSSR count). The molecule has 0 aromatic heterocycles. The number of ether oxygens (including phenoxy) is 3. The minimum absolute atomic E-state index is 0.293. The number of aryl methyl sites for hydroxylation is 1. The van der Waals surface area contributed by atoms with Crippen molar-refractivity contribution in [3.8, 4) is 17.2 Å². The first-order chi connectivity index (χ1) is 30.4. The van der Waals surface area contributed by atoms with Crippen molar-refractivity contribution >= 4 is 46.8 Å². The first kappa shape index (κ1) is 47.4. The summed E-state index contributed by atoms with van der Waals surface area (Å²) >= 11 is 6.43. The maximum atomic E-state index is 13.1. The number of azo groups is 1. The predicted molar refractivity (Wildman–Crippen MR) is 253 cm³/mol. The summed E-state index contributed by atoms with van der Waals surface area (Å²) in [5, 5.41) is 9.11. The molecule has 0 aliphatic rings. The second-order valence-electron chi connectivity index (χ2n) is 15.7. The van der Waals surface area contributed by atoms with Gasteiger partial charge in [-0.25, -0.2) is 9.59 Å². The number of nitrogens with zero attached hydrogens (tertiary/aromatic N) is 3. The van der Waals surface area contributed by atoms with Crippen LogP contribution in [-0.2, 0) is 6.42 Å². The van der Waals surface area contributed by atoms with Crippen molar-refractivity contribution in [2.45, 2.75) is 123 Å². The number of hydrogen-bond donors (Lipinski definition) is 0. The van der Waals surface area contributed by atoms with Crippen LogP contribution >= 0.6 is 11.6 Å². The second-order valence-corrected chi connectivity index (χ2v) is 16.1. The summed E-state index contributed by atoms with van der Waals surface area (Å²) < 4.78 is 17.0. The van der Waals surface area contributed by atoms with Crippen molar-refractivity contribution in [2.75, 3.05) is 6.61 Å². The van der Waals surface area contributed by atoms with Crippen LogP contribution in [0.3, 0.4) is 0 Å². The largest absolute Gasteiger partial charge is 0.494 e. The maximum absolute atomic E-state index is 13.1. The van der Waals surface area contributed by atoms with Crippen molar-refractivity contribution in [3.05, 3.63) is 143 Å². The minimum Gasteiger partial charge on any atom is -0.494 e. The molecule has 326 valence electrons. The van der Waals surface area contributed by atoms with Crippen LogP contribution in [0.5, 0.6) is 17.2 Å². The van der Waals surface area contributed by atoms with E-state index in [2.05, 4.69) is 41.2 Å². The zero-order valence-corrected chi connectivity index (χ0v) is 37.3. The Morgan fingerprint density at radius 3 is 1.56 bits per heavy atom. The van der Waals surface area contributed by atoms with Crippen LogP contribution in [0.25, 0.3) is 0 Å². The Balaban J connectivity index is 1.03. The number of esters is 2. The number of benzene rings is 5. The molecule has 9 heteroatoms. The fourth-order valence-corrected chi connectivity index (χ4v) is 7.00. The quantitative estimate of drug-likeness (QED) is 0.0172. The molecule has 0 saturated heterocycles. The van der Waals surface area contributed by atoms with E-state index < -0.39 is 11.9 Å². The molecular weight excluding hydrogens is 794 g/mol. The maximum Gasteiger partial charge on any atom is 0.343 e. The Kier molecular flexibility index (Phi) is 20.9. The Hall–Kier alpha value is -5.60. The zero-order chi connectivity index (χ0) is 43.6. The third kappa shape index (κ3) is 17.4. The van der Waals surface area contributed by atoms with E-state index in [-0.39, 0.29) is 0 Å². The van der Waals surface area contributed by atoms with Crippen molar-refractivity contribution in [1.82, 2.24) is 0 Å². The minimum atomic E-state index is -0.549. The Labute approximate surface area is 373 Å². The molecule has 0 bridgehead atoms. The molecule has 0 amide bonds. The summed E-state index contributed by atoms with van der Waals surface area (Å²) in [6.45, 7) is 5.14. The molecule has 0 unspecified atom stereocenters. The van der Waals surface area contributed by atoms with E-state index in [0.29, 0.717) is 45.6 Å². The van der Waals surface area contributed by atoms with E-state index in [1.807, 2.05) is 12.1 Å². The van der Waals surface area contributed by atoms with E-state index in [1.165, 1.54) is 95.5 Å². The lowest BCUT2D eigenvalue weighted by Gasteiger charge is -2.08. The number of unbranched alkanes of at least 4 members (excludes halogenated alkanes) is 14. The number of halogens is 1. The smallest absolute Gasteiger partial charge is 0.343 e. The highest BCUT2D eigenvalue weighted by Gasteiger charge is 2.12. The highest BCUT2D eigenvalue weighted by molar-refractivity contribution is 6.33. The molecule has 0 radical (unpaired) electrons. The first-order valence-electron chi connectivity index (χ1n) is 22.6. The molecule has 0 spiro atoms. The summed E-state index contributed by atoms with van der Waals surface area (Å²) in [4.78, 5) is 30.3. The van der Waals surface area contributed by atoms with Gasteiger partial charge in [0.2, 0.25) is 0 Å². The monoisotopic (exact) mass is 855 g/mol. The zero-order valence-electron chi connectivity index (χ0n) is 36.5. The number of carbonyl (C=O) groups is 2. The van der Waals surface area contributed by atoms with Crippen LogP contribution < -0.4 is 14.2 Å². The Morgan fingerprint density at radius 1 is 0.516 bits per heavy atom. The standard InChI is InChI=1S/C53H62ClN3O5/c1-3-5-7-9-11-12-13-14-15-17-19-41-20-27-45(28-21-41)56-57-46-29-35-49(36-30-46)62-53(59)44-26-37-50(54)51(39-44)55-40-42-22-31-48(32-23-42)61-52(58)43-24-33-47(34-25-43)60-38-18-16-10-8-6-4-2/h20-37,39-40H,3-19,38H2,1-2H3. The fourth-order valence-electron chi connectivity index (χ4n) is 6.84. The van der Waals surface area contributed by atoms with Gasteiger partial charge in [-0.05, 0) is 134 Å². The lowest BCUT2D eigenvalue weighted by atomic mass is 10.0. The highest BCUT2D eigenvalue weighted by atomic mass is 35.5. The van der Waals surface area contributed by atoms with Gasteiger partial charge >= 0.3 is 11.9 Å². The normalized spacial score (nSPS) is 11.3. The van der Waals surface area contributed by atoms with Crippen LogP contribution in [0.1, 0.15) is 148 Å². The van der Waals surface area contributed by atoms with Crippen molar-refractivity contribution < 1.29 is 23.8 Å². The lowest BCUT2D eigenvalue weighted by molar-refractivity contribution is 0.0725. The van der Waals surface area contributed by atoms with Crippen LogP contribution in [0.15, 0.2) is 130 Å². The van der Waals surface area contributed by atoms with Gasteiger partial charge < -0.3 is 14.2 Å². The summed E-state index contributed by atoms with van der Waals surface area (Å²) in [6.07, 6.45) is 23.3. The summed E-state index contributed by atoms with van der Waals surface area (Å²) in [5.41, 5.74) is 4.62. The number of hydrogen-bond acceptors (Lipinski definition) is 8. The Morgan fingerprint density at radius 2 is 0.984 bits per heavy atom.